The topological polar surface area (TPSA) is 55.8 Å². The summed E-state index contributed by atoms with van der Waals surface area (Å²) in [5.41, 5.74) is -0.523. The van der Waals surface area contributed by atoms with Crippen LogP contribution in [0.4, 0.5) is 4.79 Å². The lowest BCUT2D eigenvalue weighted by atomic mass is 10.1. The summed E-state index contributed by atoms with van der Waals surface area (Å²) >= 11 is 0. The van der Waals surface area contributed by atoms with Crippen LogP contribution < -0.4 is 0 Å². The second kappa shape index (κ2) is 5.04. The molecule has 0 spiro atoms. The maximum absolute atomic E-state index is 11.9. The summed E-state index contributed by atoms with van der Waals surface area (Å²) in [6, 6.07) is 0. The fourth-order valence-electron chi connectivity index (χ4n) is 1.65. The fourth-order valence-corrected chi connectivity index (χ4v) is 1.65. The molecule has 1 rings (SSSR count). The molecule has 17 heavy (non-hydrogen) atoms. The number of Topliss-reactive ketones (excluding diaryl/α,β-unsaturated/α-hetero) is 1. The largest absolute Gasteiger partial charge is 0.444 e. The van der Waals surface area contributed by atoms with E-state index < -0.39 is 11.7 Å². The van der Waals surface area contributed by atoms with Gasteiger partial charge in [-0.1, -0.05) is 0 Å². The number of ether oxygens (including phenoxy) is 2. The van der Waals surface area contributed by atoms with Gasteiger partial charge in [0.25, 0.3) is 0 Å². The average molecular weight is 243 g/mol. The van der Waals surface area contributed by atoms with E-state index in [2.05, 4.69) is 0 Å². The predicted octanol–water partition coefficient (Wildman–Crippen LogP) is 1.60. The average Bonchev–Trinajstić information content (AvgIpc) is 2.13. The van der Waals surface area contributed by atoms with Gasteiger partial charge in [-0.3, -0.25) is 4.79 Å². The van der Waals surface area contributed by atoms with Gasteiger partial charge in [0.15, 0.2) is 5.78 Å². The van der Waals surface area contributed by atoms with Crippen molar-refractivity contribution in [3.63, 3.8) is 0 Å². The van der Waals surface area contributed by atoms with Crippen LogP contribution in [0.15, 0.2) is 0 Å². The van der Waals surface area contributed by atoms with Crippen molar-refractivity contribution in [2.75, 3.05) is 13.1 Å². The van der Waals surface area contributed by atoms with E-state index in [-0.39, 0.29) is 24.5 Å². The third kappa shape index (κ3) is 4.34. The minimum absolute atomic E-state index is 0.0647. The molecule has 0 unspecified atom stereocenters. The van der Waals surface area contributed by atoms with Crippen molar-refractivity contribution in [3.05, 3.63) is 0 Å². The Labute approximate surface area is 102 Å². The Bertz CT molecular complexity index is 308. The van der Waals surface area contributed by atoms with E-state index in [1.807, 2.05) is 27.7 Å². The minimum atomic E-state index is -0.536. The van der Waals surface area contributed by atoms with E-state index in [4.69, 9.17) is 9.47 Å². The summed E-state index contributed by atoms with van der Waals surface area (Å²) in [5.74, 6) is -0.0647. The molecule has 1 heterocycles. The molecule has 0 bridgehead atoms. The maximum Gasteiger partial charge on any atom is 0.410 e. The molecule has 0 N–H and O–H groups in total. The Morgan fingerprint density at radius 1 is 1.29 bits per heavy atom. The first kappa shape index (κ1) is 14.0. The highest BCUT2D eigenvalue weighted by molar-refractivity contribution is 5.81. The standard InChI is InChI=1S/C12H21NO4/c1-8-6-13(7-10(16-8)9(2)14)11(15)17-12(3,4)5/h8,10H,6-7H2,1-5H3/t8-,10-/m0/s1. The molecule has 1 aliphatic rings. The molecule has 2 atom stereocenters. The molecule has 5 heteroatoms. The van der Waals surface area contributed by atoms with Gasteiger partial charge in [-0.25, -0.2) is 4.79 Å². The monoisotopic (exact) mass is 243 g/mol. The third-order valence-corrected chi connectivity index (χ3v) is 2.37. The summed E-state index contributed by atoms with van der Waals surface area (Å²) in [7, 11) is 0. The number of ketones is 1. The zero-order valence-corrected chi connectivity index (χ0v) is 11.1. The summed E-state index contributed by atoms with van der Waals surface area (Å²) in [5, 5.41) is 0. The van der Waals surface area contributed by atoms with Crippen LogP contribution in [0.3, 0.4) is 0 Å². The molecular weight excluding hydrogens is 222 g/mol. The lowest BCUT2D eigenvalue weighted by Crippen LogP contribution is -2.52. The molecule has 98 valence electrons. The van der Waals surface area contributed by atoms with Gasteiger partial charge in [-0.2, -0.15) is 0 Å². The molecule has 5 nitrogen and oxygen atoms in total. The summed E-state index contributed by atoms with van der Waals surface area (Å²) in [4.78, 5) is 24.7. The zero-order chi connectivity index (χ0) is 13.2. The van der Waals surface area contributed by atoms with Gasteiger partial charge in [0, 0.05) is 0 Å². The highest BCUT2D eigenvalue weighted by Gasteiger charge is 2.33. The normalized spacial score (nSPS) is 25.6. The van der Waals surface area contributed by atoms with Crippen LogP contribution in [0, 0.1) is 0 Å². The van der Waals surface area contributed by atoms with E-state index in [1.165, 1.54) is 11.8 Å². The van der Waals surface area contributed by atoms with Crippen molar-refractivity contribution < 1.29 is 19.1 Å². The van der Waals surface area contributed by atoms with E-state index in [1.54, 1.807) is 0 Å². The first-order chi connectivity index (χ1) is 7.69. The van der Waals surface area contributed by atoms with Crippen LogP contribution in [0.5, 0.6) is 0 Å². The SMILES string of the molecule is CC(=O)[C@@H]1CN(C(=O)OC(C)(C)C)C[C@H](C)O1. The molecule has 0 aromatic rings. The Balaban J connectivity index is 2.64. The van der Waals surface area contributed by atoms with Crippen LogP contribution in [0.1, 0.15) is 34.6 Å². The lowest BCUT2D eigenvalue weighted by molar-refractivity contribution is -0.140. The number of hydrogen-bond acceptors (Lipinski definition) is 4. The summed E-state index contributed by atoms with van der Waals surface area (Å²) in [6.45, 7) is 9.49. The number of rotatable bonds is 1. The van der Waals surface area contributed by atoms with Crippen LogP contribution >= 0.6 is 0 Å². The molecule has 0 aliphatic carbocycles. The fraction of sp³-hybridized carbons (Fsp3) is 0.833. The molecule has 0 saturated carbocycles. The third-order valence-electron chi connectivity index (χ3n) is 2.37. The smallest absolute Gasteiger partial charge is 0.410 e. The van der Waals surface area contributed by atoms with Crippen molar-refractivity contribution in [2.24, 2.45) is 0 Å². The Hall–Kier alpha value is -1.10. The Morgan fingerprint density at radius 2 is 1.88 bits per heavy atom. The van der Waals surface area contributed by atoms with Crippen molar-refractivity contribution in [3.8, 4) is 0 Å². The van der Waals surface area contributed by atoms with Crippen LogP contribution in [-0.4, -0.2) is 47.7 Å². The van der Waals surface area contributed by atoms with Crippen molar-refractivity contribution in [2.45, 2.75) is 52.4 Å². The number of nitrogens with zero attached hydrogens (tertiary/aromatic N) is 1. The molecule has 1 saturated heterocycles. The highest BCUT2D eigenvalue weighted by atomic mass is 16.6. The van der Waals surface area contributed by atoms with Gasteiger partial charge >= 0.3 is 6.09 Å². The van der Waals surface area contributed by atoms with Gasteiger partial charge in [-0.05, 0) is 34.6 Å². The van der Waals surface area contributed by atoms with Crippen LogP contribution in [0.25, 0.3) is 0 Å². The highest BCUT2D eigenvalue weighted by Crippen LogP contribution is 2.16. The van der Waals surface area contributed by atoms with Crippen molar-refractivity contribution >= 4 is 11.9 Å². The molecule has 1 amide bonds. The molecule has 1 fully saturated rings. The van der Waals surface area contributed by atoms with Gasteiger partial charge in [0.1, 0.15) is 11.7 Å². The quantitative estimate of drug-likeness (QED) is 0.702. The van der Waals surface area contributed by atoms with Gasteiger partial charge < -0.3 is 14.4 Å². The van der Waals surface area contributed by atoms with Gasteiger partial charge in [0.2, 0.25) is 0 Å². The zero-order valence-electron chi connectivity index (χ0n) is 11.1. The van der Waals surface area contributed by atoms with E-state index in [0.29, 0.717) is 6.54 Å². The first-order valence-electron chi connectivity index (χ1n) is 5.83. The summed E-state index contributed by atoms with van der Waals surface area (Å²) < 4.78 is 10.7. The van der Waals surface area contributed by atoms with Crippen molar-refractivity contribution in [1.29, 1.82) is 0 Å². The first-order valence-corrected chi connectivity index (χ1v) is 5.83. The molecule has 0 radical (unpaired) electrons. The Kier molecular flexibility index (Phi) is 4.14. The summed E-state index contributed by atoms with van der Waals surface area (Å²) in [6.07, 6.45) is -1.07. The number of carbonyl (C=O) groups is 2. The number of morpholine rings is 1. The predicted molar refractivity (Wildman–Crippen MR) is 62.8 cm³/mol. The van der Waals surface area contributed by atoms with Gasteiger partial charge in [0.05, 0.1) is 19.2 Å². The van der Waals surface area contributed by atoms with Gasteiger partial charge in [-0.15, -0.1) is 0 Å². The second-order valence-electron chi connectivity index (χ2n) is 5.43. The molecular formula is C12H21NO4. The van der Waals surface area contributed by atoms with E-state index in [0.717, 1.165) is 0 Å². The molecule has 0 aromatic heterocycles. The van der Waals surface area contributed by atoms with E-state index >= 15 is 0 Å². The number of hydrogen-bond donors (Lipinski definition) is 0. The molecule has 0 aromatic carbocycles. The number of carbonyl (C=O) groups excluding carboxylic acids is 2. The minimum Gasteiger partial charge on any atom is -0.444 e. The molecule has 1 aliphatic heterocycles. The Morgan fingerprint density at radius 3 is 2.35 bits per heavy atom. The lowest BCUT2D eigenvalue weighted by Gasteiger charge is -2.36. The van der Waals surface area contributed by atoms with Crippen molar-refractivity contribution in [1.82, 2.24) is 4.90 Å². The van der Waals surface area contributed by atoms with Crippen LogP contribution in [-0.2, 0) is 14.3 Å². The second-order valence-corrected chi connectivity index (χ2v) is 5.43. The van der Waals surface area contributed by atoms with E-state index in [9.17, 15) is 9.59 Å². The number of amides is 1. The van der Waals surface area contributed by atoms with Crippen LogP contribution in [0.2, 0.25) is 0 Å². The maximum atomic E-state index is 11.9.